The van der Waals surface area contributed by atoms with E-state index in [9.17, 15) is 9.46 Å². The van der Waals surface area contributed by atoms with Gasteiger partial charge in [0.05, 0.1) is 12.7 Å². The predicted molar refractivity (Wildman–Crippen MR) is 61.3 cm³/mol. The molecule has 6 atom stereocenters. The van der Waals surface area contributed by atoms with Gasteiger partial charge in [-0.15, -0.1) is 0 Å². The van der Waals surface area contributed by atoms with Crippen LogP contribution in [0.1, 0.15) is 6.92 Å². The van der Waals surface area contributed by atoms with Crippen molar-refractivity contribution in [1.29, 1.82) is 0 Å². The minimum absolute atomic E-state index is 0.146. The van der Waals surface area contributed by atoms with Gasteiger partial charge in [-0.05, 0) is 6.92 Å². The topological polar surface area (TPSA) is 83.5 Å². The van der Waals surface area contributed by atoms with Gasteiger partial charge in [0.15, 0.2) is 0 Å². The van der Waals surface area contributed by atoms with E-state index in [1.165, 1.54) is 7.11 Å². The average molecular weight is 278 g/mol. The number of fused-ring (bicyclic) bond motifs is 2. The zero-order valence-corrected chi connectivity index (χ0v) is 11.3. The summed E-state index contributed by atoms with van der Waals surface area (Å²) in [5.41, 5.74) is -0.990. The lowest BCUT2D eigenvalue weighted by molar-refractivity contribution is -0.177. The third-order valence-electron chi connectivity index (χ3n) is 3.36. The largest absolute Gasteiger partial charge is 0.472 e. The molecule has 2 radical (unpaired) electrons. The summed E-state index contributed by atoms with van der Waals surface area (Å²) in [5.74, 6) is 0. The molecular weight excluding hydrogens is 262 g/mol. The summed E-state index contributed by atoms with van der Waals surface area (Å²) in [6.45, 7) is 1.92. The standard InChI is InChI=1S/C9H16BO7P/c1-5-9(4-13-2)7(17-18(11,12)14-3)6(15-5)8(10)16-9/h5-8H,4H2,1-3H3,(H,11,12)/t5-,6-,7?,8+,9+/m0/s1. The van der Waals surface area contributed by atoms with E-state index in [0.717, 1.165) is 7.11 Å². The number of hydrogen-bond acceptors (Lipinski definition) is 6. The number of rotatable bonds is 5. The monoisotopic (exact) mass is 278 g/mol. The molecule has 0 aliphatic carbocycles. The molecule has 7 nitrogen and oxygen atoms in total. The second-order valence-electron chi connectivity index (χ2n) is 4.39. The van der Waals surface area contributed by atoms with Gasteiger partial charge < -0.3 is 19.1 Å². The molecule has 0 aromatic heterocycles. The van der Waals surface area contributed by atoms with Crippen LogP contribution in [0.15, 0.2) is 0 Å². The molecule has 2 fully saturated rings. The van der Waals surface area contributed by atoms with Crippen LogP contribution in [0.3, 0.4) is 0 Å². The van der Waals surface area contributed by atoms with Gasteiger partial charge in [0.25, 0.3) is 0 Å². The Labute approximate surface area is 107 Å². The van der Waals surface area contributed by atoms with Crippen LogP contribution in [-0.4, -0.2) is 63.5 Å². The quantitative estimate of drug-likeness (QED) is 0.551. The molecule has 9 heteroatoms. The van der Waals surface area contributed by atoms with Crippen molar-refractivity contribution in [2.45, 2.75) is 36.8 Å². The van der Waals surface area contributed by atoms with Crippen molar-refractivity contribution in [3.05, 3.63) is 0 Å². The molecule has 2 aliphatic heterocycles. The first-order chi connectivity index (χ1) is 8.36. The van der Waals surface area contributed by atoms with Crippen LogP contribution in [-0.2, 0) is 27.8 Å². The van der Waals surface area contributed by atoms with Crippen molar-refractivity contribution < 1.29 is 32.7 Å². The van der Waals surface area contributed by atoms with E-state index in [4.69, 9.17) is 26.6 Å². The second kappa shape index (κ2) is 4.87. The van der Waals surface area contributed by atoms with E-state index < -0.39 is 31.6 Å². The second-order valence-corrected chi connectivity index (χ2v) is 5.90. The van der Waals surface area contributed by atoms with Crippen LogP contribution in [0.4, 0.5) is 0 Å². The Bertz CT molecular complexity index is 367. The minimum atomic E-state index is -4.15. The molecule has 0 amide bonds. The maximum Gasteiger partial charge on any atom is 0.472 e. The highest BCUT2D eigenvalue weighted by Crippen LogP contribution is 2.53. The summed E-state index contributed by atoms with van der Waals surface area (Å²) in [5, 5.41) is 0. The Balaban J connectivity index is 2.25. The Hall–Kier alpha value is 0.0549. The minimum Gasteiger partial charge on any atom is -0.381 e. The normalized spacial score (nSPS) is 46.2. The van der Waals surface area contributed by atoms with E-state index in [2.05, 4.69) is 4.52 Å². The molecule has 0 saturated carbocycles. The van der Waals surface area contributed by atoms with Gasteiger partial charge in [-0.25, -0.2) is 4.57 Å². The molecule has 2 saturated heterocycles. The molecule has 2 aliphatic rings. The van der Waals surface area contributed by atoms with Crippen molar-refractivity contribution >= 4 is 15.7 Å². The lowest BCUT2D eigenvalue weighted by Gasteiger charge is -2.35. The van der Waals surface area contributed by atoms with E-state index >= 15 is 0 Å². The van der Waals surface area contributed by atoms with Crippen LogP contribution >= 0.6 is 7.82 Å². The molecule has 2 bridgehead atoms. The molecule has 2 rings (SSSR count). The highest BCUT2D eigenvalue weighted by atomic mass is 31.2. The van der Waals surface area contributed by atoms with Gasteiger partial charge in [-0.2, -0.15) is 0 Å². The van der Waals surface area contributed by atoms with Gasteiger partial charge in [0.1, 0.15) is 25.7 Å². The fraction of sp³-hybridized carbons (Fsp3) is 1.00. The van der Waals surface area contributed by atoms with Gasteiger partial charge in [0, 0.05) is 20.2 Å². The van der Waals surface area contributed by atoms with Crippen LogP contribution in [0.25, 0.3) is 0 Å². The fourth-order valence-corrected chi connectivity index (χ4v) is 3.13. The van der Waals surface area contributed by atoms with Crippen molar-refractivity contribution in [1.82, 2.24) is 0 Å². The average Bonchev–Trinajstić information content (AvgIpc) is 2.68. The van der Waals surface area contributed by atoms with E-state index in [1.807, 2.05) is 0 Å². The van der Waals surface area contributed by atoms with E-state index in [1.54, 1.807) is 6.92 Å². The van der Waals surface area contributed by atoms with Crippen molar-refractivity contribution in [2.75, 3.05) is 20.8 Å². The Morgan fingerprint density at radius 2 is 2.17 bits per heavy atom. The van der Waals surface area contributed by atoms with Crippen LogP contribution < -0.4 is 0 Å². The zero-order chi connectivity index (χ0) is 13.6. The van der Waals surface area contributed by atoms with Gasteiger partial charge in [-0.1, -0.05) is 0 Å². The smallest absolute Gasteiger partial charge is 0.381 e. The molecular formula is C9H16BO7P. The van der Waals surface area contributed by atoms with Crippen LogP contribution in [0.5, 0.6) is 0 Å². The van der Waals surface area contributed by atoms with Crippen molar-refractivity contribution in [3.8, 4) is 0 Å². The summed E-state index contributed by atoms with van der Waals surface area (Å²) in [6, 6.07) is -0.724. The molecule has 0 spiro atoms. The highest BCUT2D eigenvalue weighted by molar-refractivity contribution is 7.47. The highest BCUT2D eigenvalue weighted by Gasteiger charge is 2.66. The van der Waals surface area contributed by atoms with Crippen LogP contribution in [0.2, 0.25) is 0 Å². The first kappa shape index (κ1) is 14.5. The Morgan fingerprint density at radius 1 is 1.50 bits per heavy atom. The number of phosphoric acid groups is 1. The van der Waals surface area contributed by atoms with Gasteiger partial charge in [-0.3, -0.25) is 9.05 Å². The lowest BCUT2D eigenvalue weighted by atomic mass is 9.91. The van der Waals surface area contributed by atoms with Crippen molar-refractivity contribution in [3.63, 3.8) is 0 Å². The Morgan fingerprint density at radius 3 is 2.72 bits per heavy atom. The molecule has 2 heterocycles. The van der Waals surface area contributed by atoms with Crippen molar-refractivity contribution in [2.24, 2.45) is 0 Å². The molecule has 0 aromatic rings. The van der Waals surface area contributed by atoms with Crippen LogP contribution in [0, 0.1) is 0 Å². The SMILES string of the molecule is [B][C@@H]1O[C@@]2(COC)C(OP(=O)(O)OC)[C@@H]1O[C@H]2C. The first-order valence-electron chi connectivity index (χ1n) is 5.51. The maximum atomic E-state index is 11.5. The lowest BCUT2D eigenvalue weighted by Crippen LogP contribution is -2.50. The summed E-state index contributed by atoms with van der Waals surface area (Å²) < 4.78 is 37.4. The molecule has 1 N–H and O–H groups in total. The summed E-state index contributed by atoms with van der Waals surface area (Å²) in [6.07, 6.45) is -1.78. The fourth-order valence-electron chi connectivity index (χ4n) is 2.46. The summed E-state index contributed by atoms with van der Waals surface area (Å²) in [4.78, 5) is 9.42. The summed E-state index contributed by atoms with van der Waals surface area (Å²) >= 11 is 0. The first-order valence-corrected chi connectivity index (χ1v) is 7.00. The molecule has 2 unspecified atom stereocenters. The third-order valence-corrected chi connectivity index (χ3v) is 4.31. The number of methoxy groups -OCH3 is 1. The molecule has 0 aromatic carbocycles. The Kier molecular flexibility index (Phi) is 3.91. The summed E-state index contributed by atoms with van der Waals surface area (Å²) in [7, 11) is 4.19. The maximum absolute atomic E-state index is 11.5. The van der Waals surface area contributed by atoms with E-state index in [-0.39, 0.29) is 12.7 Å². The number of ether oxygens (including phenoxy) is 3. The zero-order valence-electron chi connectivity index (χ0n) is 10.4. The number of phosphoric ester groups is 1. The predicted octanol–water partition coefficient (Wildman–Crippen LogP) is -0.184. The molecule has 18 heavy (non-hydrogen) atoms. The van der Waals surface area contributed by atoms with Gasteiger partial charge >= 0.3 is 7.82 Å². The third kappa shape index (κ3) is 2.16. The van der Waals surface area contributed by atoms with E-state index in [0.29, 0.717) is 0 Å². The van der Waals surface area contributed by atoms with Gasteiger partial charge in [0.2, 0.25) is 0 Å². The molecule has 102 valence electrons. The number of hydrogen-bond donors (Lipinski definition) is 1.